The molecule has 0 bridgehead atoms. The highest BCUT2D eigenvalue weighted by atomic mass is 35.5. The highest BCUT2D eigenvalue weighted by Gasteiger charge is 2.09. The maximum absolute atomic E-state index is 11.8. The molecule has 0 aliphatic carbocycles. The number of aromatic nitrogens is 4. The van der Waals surface area contributed by atoms with E-state index in [1.807, 2.05) is 18.2 Å². The summed E-state index contributed by atoms with van der Waals surface area (Å²) in [4.78, 5) is 25.7. The number of nitrogens with two attached hydrogens (primary N) is 1. The van der Waals surface area contributed by atoms with E-state index in [4.69, 9.17) is 5.73 Å². The number of nitrogens with zero attached hydrogens (tertiary/aromatic N) is 2. The molecule has 0 atom stereocenters. The van der Waals surface area contributed by atoms with Crippen LogP contribution in [0.1, 0.15) is 11.4 Å². The molecule has 0 saturated heterocycles. The fraction of sp³-hybridized carbons (Fsp3) is 0.105. The summed E-state index contributed by atoms with van der Waals surface area (Å²) in [7, 11) is 0. The van der Waals surface area contributed by atoms with Gasteiger partial charge in [-0.05, 0) is 23.1 Å². The largest absolute Gasteiger partial charge is 0.369 e. The number of anilines is 1. The lowest BCUT2D eigenvalue weighted by Crippen LogP contribution is -2.10. The van der Waals surface area contributed by atoms with Crippen molar-refractivity contribution in [2.75, 3.05) is 5.73 Å². The van der Waals surface area contributed by atoms with Gasteiger partial charge in [0.2, 0.25) is 5.95 Å². The lowest BCUT2D eigenvalue weighted by molar-refractivity contribution is 0.889. The molecule has 2 aromatic heterocycles. The van der Waals surface area contributed by atoms with E-state index in [0.29, 0.717) is 17.6 Å². The van der Waals surface area contributed by atoms with Gasteiger partial charge in [-0.25, -0.2) is 4.98 Å². The number of hydrogen-bond acceptors (Lipinski definition) is 4. The monoisotopic (exact) mass is 367 g/mol. The summed E-state index contributed by atoms with van der Waals surface area (Å²) in [6, 6.07) is 18.8. The van der Waals surface area contributed by atoms with Crippen LogP contribution in [0, 0.1) is 0 Å². The molecule has 4 aromatic rings. The summed E-state index contributed by atoms with van der Waals surface area (Å²) in [6.07, 6.45) is 1.52. The van der Waals surface area contributed by atoms with Crippen LogP contribution < -0.4 is 11.3 Å². The standard InChI is InChI=1S/C19H17N5O.ClH/c20-19-23-17-16(18(25)24-19)21-15(22-17)11-8-12-6-9-14(10-7-12)13-4-2-1-3-5-13;/h1-7,9-10H,8,11H2,(H4,20,21,22,23,24,25);1H. The van der Waals surface area contributed by atoms with Crippen LogP contribution in [0.5, 0.6) is 0 Å². The predicted molar refractivity (Wildman–Crippen MR) is 105 cm³/mol. The van der Waals surface area contributed by atoms with Gasteiger partial charge in [-0.1, -0.05) is 54.6 Å². The first-order valence-electron chi connectivity index (χ1n) is 8.08. The number of halogens is 1. The van der Waals surface area contributed by atoms with E-state index in [-0.39, 0.29) is 23.9 Å². The predicted octanol–water partition coefficient (Wildman–Crippen LogP) is 3.10. The fourth-order valence-electron chi connectivity index (χ4n) is 2.85. The SMILES string of the molecule is Cl.Nc1nc2nc(CCc3ccc(-c4ccccc4)cc3)[nH]c2c(=O)[nH]1. The van der Waals surface area contributed by atoms with Crippen LogP contribution in [0.3, 0.4) is 0 Å². The molecule has 0 spiro atoms. The maximum Gasteiger partial charge on any atom is 0.278 e. The molecule has 0 unspecified atom stereocenters. The minimum atomic E-state index is -0.298. The van der Waals surface area contributed by atoms with E-state index >= 15 is 0 Å². The molecular weight excluding hydrogens is 350 g/mol. The Morgan fingerprint density at radius 3 is 2.27 bits per heavy atom. The van der Waals surface area contributed by atoms with Gasteiger partial charge in [0, 0.05) is 6.42 Å². The molecule has 0 fully saturated rings. The molecule has 0 aliphatic rings. The molecule has 0 saturated carbocycles. The highest BCUT2D eigenvalue weighted by molar-refractivity contribution is 5.85. The second-order valence-corrected chi connectivity index (χ2v) is 5.90. The molecular formula is C19H18ClN5O. The number of hydrogen-bond donors (Lipinski definition) is 3. The van der Waals surface area contributed by atoms with Crippen molar-refractivity contribution in [3.63, 3.8) is 0 Å². The van der Waals surface area contributed by atoms with Crippen molar-refractivity contribution in [2.24, 2.45) is 0 Å². The number of imidazole rings is 1. The molecule has 6 nitrogen and oxygen atoms in total. The average Bonchev–Trinajstić information content (AvgIpc) is 3.04. The van der Waals surface area contributed by atoms with E-state index in [0.717, 1.165) is 12.2 Å². The van der Waals surface area contributed by atoms with Gasteiger partial charge in [0.1, 0.15) is 5.82 Å². The maximum atomic E-state index is 11.8. The summed E-state index contributed by atoms with van der Waals surface area (Å²) < 4.78 is 0. The van der Waals surface area contributed by atoms with Gasteiger partial charge < -0.3 is 10.7 Å². The molecule has 0 aliphatic heterocycles. The number of H-pyrrole nitrogens is 2. The van der Waals surface area contributed by atoms with Gasteiger partial charge in [0.15, 0.2) is 11.2 Å². The third-order valence-corrected chi connectivity index (χ3v) is 4.14. The first kappa shape index (κ1) is 17.7. The normalized spacial score (nSPS) is 10.6. The van der Waals surface area contributed by atoms with Crippen LogP contribution in [-0.4, -0.2) is 19.9 Å². The number of nitrogen functional groups attached to an aromatic ring is 1. The van der Waals surface area contributed by atoms with Crippen molar-refractivity contribution in [3.05, 3.63) is 76.3 Å². The minimum Gasteiger partial charge on any atom is -0.369 e. The van der Waals surface area contributed by atoms with Gasteiger partial charge in [-0.3, -0.25) is 9.78 Å². The van der Waals surface area contributed by atoms with Crippen LogP contribution in [0.4, 0.5) is 5.95 Å². The Morgan fingerprint density at radius 2 is 1.54 bits per heavy atom. The van der Waals surface area contributed by atoms with Crippen LogP contribution >= 0.6 is 12.4 Å². The van der Waals surface area contributed by atoms with E-state index in [1.165, 1.54) is 16.7 Å². The molecule has 7 heteroatoms. The lowest BCUT2D eigenvalue weighted by Gasteiger charge is -2.04. The second kappa shape index (κ2) is 7.41. The Morgan fingerprint density at radius 1 is 0.846 bits per heavy atom. The number of rotatable bonds is 4. The summed E-state index contributed by atoms with van der Waals surface area (Å²) in [6.45, 7) is 0. The molecule has 0 radical (unpaired) electrons. The van der Waals surface area contributed by atoms with Crippen LogP contribution in [-0.2, 0) is 12.8 Å². The van der Waals surface area contributed by atoms with Crippen molar-refractivity contribution in [3.8, 4) is 11.1 Å². The molecule has 26 heavy (non-hydrogen) atoms. The summed E-state index contributed by atoms with van der Waals surface area (Å²) in [5, 5.41) is 0. The first-order chi connectivity index (χ1) is 12.2. The zero-order valence-electron chi connectivity index (χ0n) is 13.9. The van der Waals surface area contributed by atoms with Gasteiger partial charge >= 0.3 is 0 Å². The highest BCUT2D eigenvalue weighted by Crippen LogP contribution is 2.19. The molecule has 2 heterocycles. The third-order valence-electron chi connectivity index (χ3n) is 4.14. The second-order valence-electron chi connectivity index (χ2n) is 5.90. The molecule has 0 amide bonds. The molecule has 4 N–H and O–H groups in total. The van der Waals surface area contributed by atoms with E-state index < -0.39 is 0 Å². The van der Waals surface area contributed by atoms with Crippen LogP contribution in [0.15, 0.2) is 59.4 Å². The average molecular weight is 368 g/mol. The van der Waals surface area contributed by atoms with Crippen molar-refractivity contribution in [2.45, 2.75) is 12.8 Å². The van der Waals surface area contributed by atoms with Crippen molar-refractivity contribution in [1.82, 2.24) is 19.9 Å². The minimum absolute atomic E-state index is 0. The summed E-state index contributed by atoms with van der Waals surface area (Å²) in [5.74, 6) is 0.804. The third kappa shape index (κ3) is 3.60. The molecule has 2 aromatic carbocycles. The quantitative estimate of drug-likeness (QED) is 0.516. The van der Waals surface area contributed by atoms with Gasteiger partial charge in [0.05, 0.1) is 0 Å². The van der Waals surface area contributed by atoms with Gasteiger partial charge in [0.25, 0.3) is 5.56 Å². The summed E-state index contributed by atoms with van der Waals surface area (Å²) in [5.41, 5.74) is 9.57. The van der Waals surface area contributed by atoms with Crippen molar-refractivity contribution < 1.29 is 0 Å². The number of nitrogens with one attached hydrogen (secondary N) is 2. The Balaban J connectivity index is 0.00000196. The molecule has 132 valence electrons. The van der Waals surface area contributed by atoms with Gasteiger partial charge in [-0.2, -0.15) is 4.98 Å². The number of fused-ring (bicyclic) bond motifs is 1. The first-order valence-corrected chi connectivity index (χ1v) is 8.08. The molecule has 4 rings (SSSR count). The smallest absolute Gasteiger partial charge is 0.278 e. The Hall–Kier alpha value is -3.12. The topological polar surface area (TPSA) is 100 Å². The number of benzene rings is 2. The Kier molecular flexibility index (Phi) is 5.04. The number of aromatic amines is 2. The van der Waals surface area contributed by atoms with Crippen molar-refractivity contribution in [1.29, 1.82) is 0 Å². The van der Waals surface area contributed by atoms with Crippen LogP contribution in [0.2, 0.25) is 0 Å². The van der Waals surface area contributed by atoms with Crippen LogP contribution in [0.25, 0.3) is 22.3 Å². The van der Waals surface area contributed by atoms with E-state index in [1.54, 1.807) is 0 Å². The Bertz CT molecular complexity index is 1070. The van der Waals surface area contributed by atoms with E-state index in [9.17, 15) is 4.79 Å². The lowest BCUT2D eigenvalue weighted by atomic mass is 10.0. The fourth-order valence-corrected chi connectivity index (χ4v) is 2.85. The number of aryl methyl sites for hydroxylation is 2. The summed E-state index contributed by atoms with van der Waals surface area (Å²) >= 11 is 0. The zero-order valence-corrected chi connectivity index (χ0v) is 14.7. The Labute approximate surface area is 155 Å². The van der Waals surface area contributed by atoms with Gasteiger partial charge in [-0.15, -0.1) is 12.4 Å². The van der Waals surface area contributed by atoms with E-state index in [2.05, 4.69) is 56.3 Å². The zero-order chi connectivity index (χ0) is 17.2. The van der Waals surface area contributed by atoms with Crippen molar-refractivity contribution >= 4 is 29.5 Å².